The standard InChI is InChI=1S/C14H24N2O2S3/c1-4-16(21(3,17)18)8-5-7-15-13-10-11(2)20-14-12(13)6-9-19-14/h6,9,11,13,15H,4-5,7-8,10H2,1-3H3/t11-,13?/m0/s1. The first kappa shape index (κ1) is 17.3. The Bertz CT molecular complexity index is 556. The van der Waals surface area contributed by atoms with Crippen molar-refractivity contribution in [1.82, 2.24) is 9.62 Å². The molecule has 21 heavy (non-hydrogen) atoms. The lowest BCUT2D eigenvalue weighted by Crippen LogP contribution is -2.33. The second-order valence-corrected chi connectivity index (χ2v) is 10.0. The molecule has 0 saturated heterocycles. The predicted octanol–water partition coefficient (Wildman–Crippen LogP) is 2.93. The van der Waals surface area contributed by atoms with Gasteiger partial charge in [-0.15, -0.1) is 23.1 Å². The highest BCUT2D eigenvalue weighted by Gasteiger charge is 2.25. The molecule has 120 valence electrons. The third-order valence-corrected chi connectivity index (χ3v) is 7.43. The first-order valence-corrected chi connectivity index (χ1v) is 10.9. The molecule has 1 aromatic rings. The first-order valence-electron chi connectivity index (χ1n) is 7.34. The summed E-state index contributed by atoms with van der Waals surface area (Å²) < 4.78 is 26.0. The van der Waals surface area contributed by atoms with Crippen molar-refractivity contribution in [2.45, 2.75) is 42.2 Å². The molecule has 0 fully saturated rings. The molecule has 4 nitrogen and oxygen atoms in total. The van der Waals surface area contributed by atoms with Gasteiger partial charge in [-0.05, 0) is 36.4 Å². The highest BCUT2D eigenvalue weighted by Crippen LogP contribution is 2.43. The molecule has 1 N–H and O–H groups in total. The van der Waals surface area contributed by atoms with E-state index < -0.39 is 10.0 Å². The van der Waals surface area contributed by atoms with E-state index in [-0.39, 0.29) is 0 Å². The number of hydrogen-bond donors (Lipinski definition) is 1. The van der Waals surface area contributed by atoms with Crippen molar-refractivity contribution in [1.29, 1.82) is 0 Å². The van der Waals surface area contributed by atoms with Crippen molar-refractivity contribution in [3.05, 3.63) is 17.0 Å². The van der Waals surface area contributed by atoms with E-state index in [1.165, 1.54) is 20.3 Å². The van der Waals surface area contributed by atoms with Gasteiger partial charge in [-0.1, -0.05) is 13.8 Å². The smallest absolute Gasteiger partial charge is 0.211 e. The Morgan fingerprint density at radius 2 is 2.24 bits per heavy atom. The van der Waals surface area contributed by atoms with E-state index in [1.807, 2.05) is 30.0 Å². The first-order chi connectivity index (χ1) is 9.91. The number of rotatable bonds is 7. The minimum Gasteiger partial charge on any atom is -0.310 e. The van der Waals surface area contributed by atoms with E-state index in [0.717, 1.165) is 19.4 Å². The van der Waals surface area contributed by atoms with Crippen LogP contribution < -0.4 is 5.32 Å². The molecule has 2 atom stereocenters. The minimum absolute atomic E-state index is 0.413. The van der Waals surface area contributed by atoms with Crippen molar-refractivity contribution in [3.8, 4) is 0 Å². The molecule has 0 spiro atoms. The quantitative estimate of drug-likeness (QED) is 0.770. The Kier molecular flexibility index (Phi) is 6.14. The fraction of sp³-hybridized carbons (Fsp3) is 0.714. The molecule has 0 aliphatic carbocycles. The topological polar surface area (TPSA) is 49.4 Å². The van der Waals surface area contributed by atoms with E-state index in [2.05, 4.69) is 23.7 Å². The minimum atomic E-state index is -3.06. The van der Waals surface area contributed by atoms with Gasteiger partial charge in [0.25, 0.3) is 0 Å². The van der Waals surface area contributed by atoms with Crippen LogP contribution in [-0.4, -0.2) is 43.9 Å². The largest absolute Gasteiger partial charge is 0.310 e. The average molecular weight is 349 g/mol. The zero-order valence-electron chi connectivity index (χ0n) is 12.8. The van der Waals surface area contributed by atoms with Gasteiger partial charge >= 0.3 is 0 Å². The van der Waals surface area contributed by atoms with E-state index in [9.17, 15) is 8.42 Å². The molecule has 0 radical (unpaired) electrons. The van der Waals surface area contributed by atoms with Crippen LogP contribution in [-0.2, 0) is 10.0 Å². The maximum atomic E-state index is 11.5. The fourth-order valence-corrected chi connectivity index (χ4v) is 6.13. The van der Waals surface area contributed by atoms with Crippen LogP contribution in [0.1, 0.15) is 38.3 Å². The van der Waals surface area contributed by atoms with Gasteiger partial charge in [0.15, 0.2) is 0 Å². The molecule has 1 aromatic heterocycles. The number of thiophene rings is 1. The molecule has 1 aliphatic rings. The van der Waals surface area contributed by atoms with Crippen LogP contribution in [0.15, 0.2) is 15.7 Å². The summed E-state index contributed by atoms with van der Waals surface area (Å²) in [6.45, 7) is 6.14. The van der Waals surface area contributed by atoms with Crippen molar-refractivity contribution in [2.75, 3.05) is 25.9 Å². The summed E-state index contributed by atoms with van der Waals surface area (Å²) in [5, 5.41) is 6.39. The molecule has 0 amide bonds. The summed E-state index contributed by atoms with van der Waals surface area (Å²) in [6, 6.07) is 2.63. The number of sulfonamides is 1. The van der Waals surface area contributed by atoms with Crippen LogP contribution in [0, 0.1) is 0 Å². The fourth-order valence-electron chi connectivity index (χ4n) is 2.63. The molecule has 2 heterocycles. The summed E-state index contributed by atoms with van der Waals surface area (Å²) in [5.41, 5.74) is 1.42. The Balaban J connectivity index is 1.82. The number of thioether (sulfide) groups is 1. The average Bonchev–Trinajstić information content (AvgIpc) is 2.84. The summed E-state index contributed by atoms with van der Waals surface area (Å²) in [6.07, 6.45) is 3.26. The Labute approximate surface area is 136 Å². The molecular formula is C14H24N2O2S3. The van der Waals surface area contributed by atoms with Gasteiger partial charge in [0.2, 0.25) is 10.0 Å². The van der Waals surface area contributed by atoms with E-state index in [1.54, 1.807) is 0 Å². The van der Waals surface area contributed by atoms with Gasteiger partial charge in [-0.25, -0.2) is 12.7 Å². The Hall–Kier alpha value is -0.0800. The molecule has 2 rings (SSSR count). The number of nitrogens with zero attached hydrogens (tertiary/aromatic N) is 1. The number of hydrogen-bond acceptors (Lipinski definition) is 5. The zero-order valence-corrected chi connectivity index (χ0v) is 15.3. The molecule has 7 heteroatoms. The highest BCUT2D eigenvalue weighted by molar-refractivity contribution is 8.01. The molecule has 0 bridgehead atoms. The van der Waals surface area contributed by atoms with Gasteiger partial charge in [-0.3, -0.25) is 0 Å². The van der Waals surface area contributed by atoms with Crippen LogP contribution in [0.3, 0.4) is 0 Å². The van der Waals surface area contributed by atoms with Gasteiger partial charge in [0.1, 0.15) is 0 Å². The van der Waals surface area contributed by atoms with E-state index in [0.29, 0.717) is 24.4 Å². The van der Waals surface area contributed by atoms with Crippen LogP contribution in [0.25, 0.3) is 0 Å². The van der Waals surface area contributed by atoms with Gasteiger partial charge < -0.3 is 5.32 Å². The second kappa shape index (κ2) is 7.46. The maximum absolute atomic E-state index is 11.5. The number of nitrogens with one attached hydrogen (secondary N) is 1. The van der Waals surface area contributed by atoms with Crippen LogP contribution in [0.5, 0.6) is 0 Å². The van der Waals surface area contributed by atoms with E-state index >= 15 is 0 Å². The normalized spacial score (nSPS) is 22.5. The van der Waals surface area contributed by atoms with Crippen molar-refractivity contribution in [3.63, 3.8) is 0 Å². The summed E-state index contributed by atoms with van der Waals surface area (Å²) in [5.74, 6) is 0. The third-order valence-electron chi connectivity index (χ3n) is 3.71. The van der Waals surface area contributed by atoms with Gasteiger partial charge in [-0.2, -0.15) is 0 Å². The van der Waals surface area contributed by atoms with Crippen molar-refractivity contribution < 1.29 is 8.42 Å². The van der Waals surface area contributed by atoms with Gasteiger partial charge in [0.05, 0.1) is 10.5 Å². The highest BCUT2D eigenvalue weighted by atomic mass is 32.2. The Morgan fingerprint density at radius 1 is 1.48 bits per heavy atom. The van der Waals surface area contributed by atoms with Crippen LogP contribution >= 0.6 is 23.1 Å². The molecular weight excluding hydrogens is 324 g/mol. The lowest BCUT2D eigenvalue weighted by atomic mass is 10.0. The van der Waals surface area contributed by atoms with Crippen molar-refractivity contribution in [2.24, 2.45) is 0 Å². The molecule has 1 aliphatic heterocycles. The second-order valence-electron chi connectivity index (χ2n) is 5.44. The lowest BCUT2D eigenvalue weighted by Gasteiger charge is -2.28. The molecule has 1 unspecified atom stereocenters. The van der Waals surface area contributed by atoms with E-state index in [4.69, 9.17) is 0 Å². The lowest BCUT2D eigenvalue weighted by molar-refractivity contribution is 0.405. The summed E-state index contributed by atoms with van der Waals surface area (Å²) in [7, 11) is -3.06. The molecule has 0 aromatic carbocycles. The summed E-state index contributed by atoms with van der Waals surface area (Å²) in [4.78, 5) is 0. The summed E-state index contributed by atoms with van der Waals surface area (Å²) >= 11 is 3.78. The predicted molar refractivity (Wildman–Crippen MR) is 91.7 cm³/mol. The SMILES string of the molecule is CCN(CCCNC1C[C@H](C)Sc2sccc21)S(C)(=O)=O. The monoisotopic (exact) mass is 348 g/mol. The zero-order chi connectivity index (χ0) is 15.5. The van der Waals surface area contributed by atoms with Crippen LogP contribution in [0.2, 0.25) is 0 Å². The molecule has 0 saturated carbocycles. The Morgan fingerprint density at radius 3 is 2.90 bits per heavy atom. The number of fused-ring (bicyclic) bond motifs is 1. The van der Waals surface area contributed by atoms with Crippen LogP contribution in [0.4, 0.5) is 0 Å². The van der Waals surface area contributed by atoms with Crippen molar-refractivity contribution >= 4 is 33.1 Å². The maximum Gasteiger partial charge on any atom is 0.211 e. The van der Waals surface area contributed by atoms with Gasteiger partial charge in [0, 0.05) is 24.4 Å². The third kappa shape index (κ3) is 4.69.